The second kappa shape index (κ2) is 9.05. The minimum Gasteiger partial charge on any atom is -0.448 e. The molecule has 0 saturated heterocycles. The zero-order chi connectivity index (χ0) is 22.8. The van der Waals surface area contributed by atoms with Crippen molar-refractivity contribution in [3.63, 3.8) is 0 Å². The van der Waals surface area contributed by atoms with Crippen LogP contribution in [0.2, 0.25) is 5.02 Å². The summed E-state index contributed by atoms with van der Waals surface area (Å²) in [5, 5.41) is 24.2. The molecule has 0 radical (unpaired) electrons. The SMILES string of the molecule is O=[N+]([O-])c1ccc([C@H]2Nc3ccccc3-c3nnc(SCc4ccccc4Cl)nc3O2)cc1. The average Bonchev–Trinajstić information content (AvgIpc) is 3.00. The highest BCUT2D eigenvalue weighted by Gasteiger charge is 2.26. The summed E-state index contributed by atoms with van der Waals surface area (Å²) >= 11 is 7.66. The van der Waals surface area contributed by atoms with E-state index in [1.807, 2.05) is 48.5 Å². The van der Waals surface area contributed by atoms with Gasteiger partial charge in [0.05, 0.1) is 4.92 Å². The van der Waals surface area contributed by atoms with Crippen LogP contribution in [0.4, 0.5) is 11.4 Å². The highest BCUT2D eigenvalue weighted by molar-refractivity contribution is 7.98. The van der Waals surface area contributed by atoms with Crippen LogP contribution >= 0.6 is 23.4 Å². The number of halogens is 1. The van der Waals surface area contributed by atoms with Gasteiger partial charge in [-0.15, -0.1) is 10.2 Å². The summed E-state index contributed by atoms with van der Waals surface area (Å²) in [7, 11) is 0. The maximum Gasteiger partial charge on any atom is 0.269 e. The van der Waals surface area contributed by atoms with Crippen molar-refractivity contribution >= 4 is 34.7 Å². The number of anilines is 1. The van der Waals surface area contributed by atoms with Crippen LogP contribution in [-0.4, -0.2) is 20.1 Å². The maximum absolute atomic E-state index is 11.0. The molecular weight excluding hydrogens is 462 g/mol. The Hall–Kier alpha value is -3.69. The number of aromatic nitrogens is 3. The van der Waals surface area contributed by atoms with Crippen molar-refractivity contribution in [3.8, 4) is 17.1 Å². The second-order valence-electron chi connectivity index (χ2n) is 7.16. The Balaban J connectivity index is 1.48. The number of nitro groups is 1. The predicted molar refractivity (Wildman–Crippen MR) is 126 cm³/mol. The number of rotatable bonds is 5. The number of hydrogen-bond acceptors (Lipinski definition) is 8. The third-order valence-corrected chi connectivity index (χ3v) is 6.31. The molecule has 33 heavy (non-hydrogen) atoms. The van der Waals surface area contributed by atoms with Gasteiger partial charge in [0, 0.05) is 39.7 Å². The molecule has 0 bridgehead atoms. The van der Waals surface area contributed by atoms with E-state index in [1.165, 1.54) is 23.9 Å². The number of thioether (sulfide) groups is 1. The number of nitrogens with one attached hydrogen (secondary N) is 1. The molecule has 10 heteroatoms. The van der Waals surface area contributed by atoms with Crippen LogP contribution in [0.25, 0.3) is 11.3 Å². The first-order chi connectivity index (χ1) is 16.1. The first kappa shape index (κ1) is 21.2. The molecule has 0 unspecified atom stereocenters. The zero-order valence-electron chi connectivity index (χ0n) is 17.0. The van der Waals surface area contributed by atoms with Crippen molar-refractivity contribution in [2.75, 3.05) is 5.32 Å². The number of fused-ring (bicyclic) bond motifs is 3. The predicted octanol–water partition coefficient (Wildman–Crippen LogP) is 5.90. The van der Waals surface area contributed by atoms with E-state index < -0.39 is 11.2 Å². The van der Waals surface area contributed by atoms with E-state index >= 15 is 0 Å². The molecule has 5 rings (SSSR count). The van der Waals surface area contributed by atoms with Gasteiger partial charge in [0.2, 0.25) is 11.0 Å². The van der Waals surface area contributed by atoms with Crippen LogP contribution in [0.3, 0.4) is 0 Å². The fraction of sp³-hybridized carbons (Fsp3) is 0.0870. The van der Waals surface area contributed by atoms with E-state index in [4.69, 9.17) is 16.3 Å². The summed E-state index contributed by atoms with van der Waals surface area (Å²) in [6.07, 6.45) is -0.619. The summed E-state index contributed by atoms with van der Waals surface area (Å²) in [6, 6.07) is 21.4. The molecule has 0 spiro atoms. The van der Waals surface area contributed by atoms with E-state index in [9.17, 15) is 10.1 Å². The minimum absolute atomic E-state index is 0.00965. The molecule has 8 nitrogen and oxygen atoms in total. The van der Waals surface area contributed by atoms with Gasteiger partial charge in [-0.2, -0.15) is 4.98 Å². The molecule has 1 aromatic heterocycles. The Morgan fingerprint density at radius 3 is 2.58 bits per heavy atom. The lowest BCUT2D eigenvalue weighted by Crippen LogP contribution is -2.17. The number of ether oxygens (including phenoxy) is 1. The largest absolute Gasteiger partial charge is 0.448 e. The average molecular weight is 478 g/mol. The number of para-hydroxylation sites is 1. The third kappa shape index (κ3) is 4.46. The second-order valence-corrected chi connectivity index (χ2v) is 8.51. The van der Waals surface area contributed by atoms with Gasteiger partial charge in [-0.25, -0.2) is 0 Å². The molecule has 0 fully saturated rings. The van der Waals surface area contributed by atoms with Gasteiger partial charge in [-0.3, -0.25) is 10.1 Å². The standard InChI is InChI=1S/C23H16ClN5O3S/c24-18-7-3-1-5-15(18)13-33-23-26-22-20(27-28-23)17-6-2-4-8-19(17)25-21(32-22)14-9-11-16(12-10-14)29(30)31/h1-12,21,25H,13H2/t21-/m0/s1. The summed E-state index contributed by atoms with van der Waals surface area (Å²) in [4.78, 5) is 15.2. The zero-order valence-corrected chi connectivity index (χ0v) is 18.6. The van der Waals surface area contributed by atoms with E-state index in [2.05, 4.69) is 20.5 Å². The van der Waals surface area contributed by atoms with Crippen LogP contribution in [-0.2, 0) is 5.75 Å². The van der Waals surface area contributed by atoms with Crippen molar-refractivity contribution in [1.29, 1.82) is 0 Å². The van der Waals surface area contributed by atoms with Gasteiger partial charge in [0.15, 0.2) is 11.9 Å². The summed E-state index contributed by atoms with van der Waals surface area (Å²) in [6.45, 7) is 0. The first-order valence-corrected chi connectivity index (χ1v) is 11.3. The number of nitrogens with zero attached hydrogens (tertiary/aromatic N) is 4. The van der Waals surface area contributed by atoms with Gasteiger partial charge in [-0.05, 0) is 29.8 Å². The highest BCUT2D eigenvalue weighted by atomic mass is 35.5. The third-order valence-electron chi connectivity index (χ3n) is 5.05. The molecule has 0 saturated carbocycles. The molecule has 164 valence electrons. The fourth-order valence-corrected chi connectivity index (χ4v) is 4.45. The van der Waals surface area contributed by atoms with Crippen molar-refractivity contribution < 1.29 is 9.66 Å². The monoisotopic (exact) mass is 477 g/mol. The Bertz CT molecular complexity index is 1340. The Labute approximate surface area is 198 Å². The highest BCUT2D eigenvalue weighted by Crippen LogP contribution is 2.40. The lowest BCUT2D eigenvalue weighted by Gasteiger charge is -2.19. The number of benzene rings is 3. The molecular formula is C23H16ClN5O3S. The van der Waals surface area contributed by atoms with Crippen molar-refractivity contribution in [3.05, 3.63) is 99.1 Å². The van der Waals surface area contributed by atoms with Gasteiger partial charge in [-0.1, -0.05) is 59.8 Å². The van der Waals surface area contributed by atoms with Crippen LogP contribution in [0, 0.1) is 10.1 Å². The maximum atomic E-state index is 11.0. The molecule has 1 aliphatic heterocycles. The molecule has 1 atom stereocenters. The van der Waals surface area contributed by atoms with Crippen LogP contribution in [0.5, 0.6) is 5.88 Å². The molecule has 3 aromatic carbocycles. The molecule has 4 aromatic rings. The number of non-ortho nitro benzene ring substituents is 1. The van der Waals surface area contributed by atoms with Gasteiger partial charge in [0.25, 0.3) is 5.69 Å². The van der Waals surface area contributed by atoms with Gasteiger partial charge >= 0.3 is 0 Å². The van der Waals surface area contributed by atoms with E-state index in [1.54, 1.807) is 12.1 Å². The van der Waals surface area contributed by atoms with Crippen molar-refractivity contribution in [1.82, 2.24) is 15.2 Å². The Kier molecular flexibility index (Phi) is 5.80. The molecule has 0 amide bonds. The lowest BCUT2D eigenvalue weighted by atomic mass is 10.1. The smallest absolute Gasteiger partial charge is 0.269 e. The van der Waals surface area contributed by atoms with Crippen LogP contribution in [0.1, 0.15) is 17.4 Å². The van der Waals surface area contributed by atoms with E-state index in [0.29, 0.717) is 33.1 Å². The summed E-state index contributed by atoms with van der Waals surface area (Å²) in [5.41, 5.74) is 3.82. The quantitative estimate of drug-likeness (QED) is 0.215. The fourth-order valence-electron chi connectivity index (χ4n) is 3.39. The summed E-state index contributed by atoms with van der Waals surface area (Å²) in [5.74, 6) is 0.910. The Morgan fingerprint density at radius 2 is 1.79 bits per heavy atom. The molecule has 0 aliphatic carbocycles. The summed E-state index contributed by atoms with van der Waals surface area (Å²) < 4.78 is 6.21. The topological polar surface area (TPSA) is 103 Å². The molecule has 1 N–H and O–H groups in total. The Morgan fingerprint density at radius 1 is 1.03 bits per heavy atom. The first-order valence-electron chi connectivity index (χ1n) is 9.96. The van der Waals surface area contributed by atoms with E-state index in [0.717, 1.165) is 16.8 Å². The lowest BCUT2D eigenvalue weighted by molar-refractivity contribution is -0.384. The van der Waals surface area contributed by atoms with Gasteiger partial charge < -0.3 is 10.1 Å². The van der Waals surface area contributed by atoms with Crippen molar-refractivity contribution in [2.45, 2.75) is 17.1 Å². The van der Waals surface area contributed by atoms with Crippen LogP contribution < -0.4 is 10.1 Å². The van der Waals surface area contributed by atoms with Crippen molar-refractivity contribution in [2.24, 2.45) is 0 Å². The molecule has 2 heterocycles. The van der Waals surface area contributed by atoms with Gasteiger partial charge in [0.1, 0.15) is 0 Å². The van der Waals surface area contributed by atoms with Crippen LogP contribution in [0.15, 0.2) is 78.0 Å². The minimum atomic E-state index is -0.619. The number of hydrogen-bond donors (Lipinski definition) is 1. The number of nitro benzene ring substituents is 1. The normalized spacial score (nSPS) is 14.3. The molecule has 1 aliphatic rings. The van der Waals surface area contributed by atoms with E-state index in [-0.39, 0.29) is 5.69 Å².